The predicted molar refractivity (Wildman–Crippen MR) is 129 cm³/mol. The topological polar surface area (TPSA) is 114 Å². The Morgan fingerprint density at radius 3 is 2.71 bits per heavy atom. The maximum atomic E-state index is 13.3. The molecule has 3 aliphatic carbocycles. The van der Waals surface area contributed by atoms with E-state index < -0.39 is 0 Å². The molecule has 1 unspecified atom stereocenters. The predicted octanol–water partition coefficient (Wildman–Crippen LogP) is 3.70. The number of nitrogens with one attached hydrogen (secondary N) is 3. The average Bonchev–Trinajstić information content (AvgIpc) is 3.77. The zero-order valence-corrected chi connectivity index (χ0v) is 19.6. The van der Waals surface area contributed by atoms with Gasteiger partial charge in [0.05, 0.1) is 5.56 Å². The maximum Gasteiger partial charge on any atom is 0.254 e. The molecule has 2 fully saturated rings. The first-order valence-electron chi connectivity index (χ1n) is 12.0. The van der Waals surface area contributed by atoms with Crippen LogP contribution in [0.1, 0.15) is 58.9 Å². The third-order valence-corrected chi connectivity index (χ3v) is 8.01. The molecule has 3 aliphatic rings. The largest absolute Gasteiger partial charge is 0.352 e. The lowest BCUT2D eigenvalue weighted by Crippen LogP contribution is -2.28. The number of anilines is 3. The number of aromatic nitrogens is 4. The van der Waals surface area contributed by atoms with Crippen molar-refractivity contribution < 1.29 is 9.59 Å². The molecule has 3 aromatic heterocycles. The van der Waals surface area contributed by atoms with Crippen molar-refractivity contribution in [2.24, 2.45) is 11.8 Å². The smallest absolute Gasteiger partial charge is 0.254 e. The van der Waals surface area contributed by atoms with Crippen LogP contribution in [0.4, 0.5) is 16.6 Å². The molecule has 3 heterocycles. The fourth-order valence-corrected chi connectivity index (χ4v) is 5.75. The lowest BCUT2D eigenvalue weighted by Gasteiger charge is -2.25. The number of hydrogen-bond acceptors (Lipinski definition) is 7. The minimum atomic E-state index is -0.0740. The molecule has 176 valence electrons. The molecule has 1 atom stereocenters. The summed E-state index contributed by atoms with van der Waals surface area (Å²) in [5, 5.41) is 18.6. The molecule has 10 heteroatoms. The molecule has 9 nitrogen and oxygen atoms in total. The van der Waals surface area contributed by atoms with E-state index in [-0.39, 0.29) is 23.8 Å². The maximum absolute atomic E-state index is 13.3. The van der Waals surface area contributed by atoms with Gasteiger partial charge in [-0.25, -0.2) is 0 Å². The van der Waals surface area contributed by atoms with Gasteiger partial charge in [-0.1, -0.05) is 0 Å². The Labute approximate surface area is 201 Å². The average molecular weight is 478 g/mol. The van der Waals surface area contributed by atoms with Crippen molar-refractivity contribution in [1.29, 1.82) is 0 Å². The van der Waals surface area contributed by atoms with Crippen molar-refractivity contribution >= 4 is 39.8 Å². The summed E-state index contributed by atoms with van der Waals surface area (Å²) in [7, 11) is 0. The monoisotopic (exact) mass is 477 g/mol. The van der Waals surface area contributed by atoms with Crippen molar-refractivity contribution in [2.45, 2.75) is 51.0 Å². The second-order valence-electron chi connectivity index (χ2n) is 9.44. The van der Waals surface area contributed by atoms with Crippen LogP contribution < -0.4 is 16.0 Å². The van der Waals surface area contributed by atoms with Gasteiger partial charge in [0.2, 0.25) is 11.9 Å². The van der Waals surface area contributed by atoms with E-state index in [0.29, 0.717) is 35.4 Å². The third kappa shape index (κ3) is 4.42. The number of carbonyl (C=O) groups is 2. The molecule has 34 heavy (non-hydrogen) atoms. The number of aryl methyl sites for hydroxylation is 1. The molecule has 3 N–H and O–H groups in total. The van der Waals surface area contributed by atoms with Gasteiger partial charge < -0.3 is 16.0 Å². The normalized spacial score (nSPS) is 19.4. The van der Waals surface area contributed by atoms with Gasteiger partial charge in [0, 0.05) is 41.5 Å². The summed E-state index contributed by atoms with van der Waals surface area (Å²) in [6, 6.07) is 3.88. The van der Waals surface area contributed by atoms with Crippen LogP contribution in [-0.2, 0) is 17.6 Å². The number of hydrogen-bond donors (Lipinski definition) is 3. The van der Waals surface area contributed by atoms with E-state index in [1.165, 1.54) is 17.7 Å². The number of amides is 2. The number of rotatable bonds is 8. The summed E-state index contributed by atoms with van der Waals surface area (Å²) in [5.41, 5.74) is 2.58. The molecule has 0 aromatic carbocycles. The first-order chi connectivity index (χ1) is 16.7. The summed E-state index contributed by atoms with van der Waals surface area (Å²) in [4.78, 5) is 31.1. The van der Waals surface area contributed by atoms with Crippen molar-refractivity contribution in [3.05, 3.63) is 46.9 Å². The first kappa shape index (κ1) is 21.3. The Bertz CT molecular complexity index is 1210. The van der Waals surface area contributed by atoms with Crippen LogP contribution in [0.25, 0.3) is 0 Å². The number of fused-ring (bicyclic) bond motifs is 1. The SMILES string of the molecule is O=C(NCC1CC1)c1c(NC(=O)C2CC2)sc2c1CC(n1cnnc1Nc1ccncc1)CC2. The van der Waals surface area contributed by atoms with E-state index in [1.807, 2.05) is 12.1 Å². The minimum absolute atomic E-state index is 0.0361. The van der Waals surface area contributed by atoms with E-state index in [9.17, 15) is 9.59 Å². The van der Waals surface area contributed by atoms with Gasteiger partial charge in [0.1, 0.15) is 11.3 Å². The Hall–Kier alpha value is -3.27. The quantitative estimate of drug-likeness (QED) is 0.456. The van der Waals surface area contributed by atoms with Gasteiger partial charge in [-0.2, -0.15) is 0 Å². The molecular weight excluding hydrogens is 450 g/mol. The van der Waals surface area contributed by atoms with Gasteiger partial charge >= 0.3 is 0 Å². The fourth-order valence-electron chi connectivity index (χ4n) is 4.50. The van der Waals surface area contributed by atoms with Crippen LogP contribution in [0.15, 0.2) is 30.9 Å². The molecular formula is C24H27N7O2S. The zero-order chi connectivity index (χ0) is 23.1. The van der Waals surface area contributed by atoms with Gasteiger partial charge in [-0.05, 0) is 68.6 Å². The third-order valence-electron chi connectivity index (χ3n) is 6.80. The number of pyridine rings is 1. The molecule has 0 spiro atoms. The molecule has 0 aliphatic heterocycles. The van der Waals surface area contributed by atoms with Gasteiger partial charge in [0.25, 0.3) is 5.91 Å². The van der Waals surface area contributed by atoms with E-state index in [2.05, 4.69) is 35.7 Å². The number of nitrogens with zero attached hydrogens (tertiary/aromatic N) is 4. The van der Waals surface area contributed by atoms with E-state index in [0.717, 1.165) is 36.9 Å². The molecule has 2 saturated carbocycles. The standard InChI is InChI=1S/C24H27N7O2S/c32-21(15-3-4-15)29-23-20(22(33)26-12-14-1-2-14)18-11-17(5-6-19(18)34-23)31-13-27-30-24(31)28-16-7-9-25-10-8-16/h7-10,13-15,17H,1-6,11-12H2,(H,26,33)(H,29,32)(H,25,28,30). The lowest BCUT2D eigenvalue weighted by atomic mass is 9.91. The second-order valence-corrected chi connectivity index (χ2v) is 10.5. The summed E-state index contributed by atoms with van der Waals surface area (Å²) in [5.74, 6) is 1.31. The van der Waals surface area contributed by atoms with Crippen LogP contribution in [0, 0.1) is 11.8 Å². The van der Waals surface area contributed by atoms with E-state index >= 15 is 0 Å². The molecule has 0 saturated heterocycles. The van der Waals surface area contributed by atoms with Gasteiger partial charge in [-0.3, -0.25) is 19.1 Å². The van der Waals surface area contributed by atoms with Crippen LogP contribution in [0.5, 0.6) is 0 Å². The van der Waals surface area contributed by atoms with Gasteiger partial charge in [0.15, 0.2) is 0 Å². The van der Waals surface area contributed by atoms with Gasteiger partial charge in [-0.15, -0.1) is 21.5 Å². The van der Waals surface area contributed by atoms with Crippen LogP contribution in [-0.4, -0.2) is 38.1 Å². The van der Waals surface area contributed by atoms with E-state index in [4.69, 9.17) is 0 Å². The molecule has 2 amide bonds. The Morgan fingerprint density at radius 1 is 1.12 bits per heavy atom. The van der Waals surface area contributed by atoms with Crippen molar-refractivity contribution in [2.75, 3.05) is 17.2 Å². The van der Waals surface area contributed by atoms with Crippen LogP contribution >= 0.6 is 11.3 Å². The second kappa shape index (κ2) is 8.83. The van der Waals surface area contributed by atoms with Crippen molar-refractivity contribution in [3.8, 4) is 0 Å². The van der Waals surface area contributed by atoms with E-state index in [1.54, 1.807) is 30.1 Å². The van der Waals surface area contributed by atoms with Crippen molar-refractivity contribution in [1.82, 2.24) is 25.1 Å². The summed E-state index contributed by atoms with van der Waals surface area (Å²) < 4.78 is 2.05. The highest BCUT2D eigenvalue weighted by atomic mass is 32.1. The minimum Gasteiger partial charge on any atom is -0.352 e. The highest BCUT2D eigenvalue weighted by Gasteiger charge is 2.35. The first-order valence-corrected chi connectivity index (χ1v) is 12.8. The molecule has 0 bridgehead atoms. The summed E-state index contributed by atoms with van der Waals surface area (Å²) in [6.45, 7) is 0.703. The van der Waals surface area contributed by atoms with Crippen molar-refractivity contribution in [3.63, 3.8) is 0 Å². The Kier molecular flexibility index (Phi) is 5.52. The zero-order valence-electron chi connectivity index (χ0n) is 18.8. The van der Waals surface area contributed by atoms with Crippen LogP contribution in [0.3, 0.4) is 0 Å². The fraction of sp³-hybridized carbons (Fsp3) is 0.458. The Balaban J connectivity index is 1.27. The Morgan fingerprint density at radius 2 is 1.94 bits per heavy atom. The lowest BCUT2D eigenvalue weighted by molar-refractivity contribution is -0.117. The molecule has 3 aromatic rings. The molecule has 0 radical (unpaired) electrons. The van der Waals surface area contributed by atoms with Crippen LogP contribution in [0.2, 0.25) is 0 Å². The molecule has 6 rings (SSSR count). The number of thiophene rings is 1. The summed E-state index contributed by atoms with van der Waals surface area (Å²) in [6.07, 6.45) is 11.9. The highest BCUT2D eigenvalue weighted by Crippen LogP contribution is 2.42. The summed E-state index contributed by atoms with van der Waals surface area (Å²) >= 11 is 1.56. The number of carbonyl (C=O) groups excluding carboxylic acids is 2. The highest BCUT2D eigenvalue weighted by molar-refractivity contribution is 7.17.